The van der Waals surface area contributed by atoms with Gasteiger partial charge in [0.1, 0.15) is 11.8 Å². The number of hydrogen-bond donors (Lipinski definition) is 1. The number of hydrogen-bond acceptors (Lipinski definition) is 3. The number of aryl methyl sites for hydroxylation is 1. The Hall–Kier alpha value is -3.34. The van der Waals surface area contributed by atoms with Gasteiger partial charge in [-0.05, 0) is 43.7 Å². The van der Waals surface area contributed by atoms with Crippen LogP contribution < -0.4 is 10.1 Å². The Morgan fingerprint density at radius 2 is 1.76 bits per heavy atom. The number of carbonyl (C=O) groups excluding carboxylic acids is 2. The molecule has 3 aromatic rings. The van der Waals surface area contributed by atoms with Gasteiger partial charge in [-0.3, -0.25) is 9.59 Å². The minimum absolute atomic E-state index is 0.104. The SMILES string of the molecule is Cc1cccc(CN(C(=O)COc2cccc3ccccc23)C(C)C(=O)NC2CCCC2)c1. The van der Waals surface area contributed by atoms with Crippen molar-refractivity contribution in [2.24, 2.45) is 0 Å². The molecule has 1 saturated carbocycles. The van der Waals surface area contributed by atoms with Crippen molar-refractivity contribution in [3.05, 3.63) is 77.9 Å². The van der Waals surface area contributed by atoms with E-state index in [9.17, 15) is 9.59 Å². The van der Waals surface area contributed by atoms with Gasteiger partial charge in [-0.25, -0.2) is 0 Å². The number of rotatable bonds is 8. The van der Waals surface area contributed by atoms with Gasteiger partial charge in [-0.2, -0.15) is 0 Å². The molecule has 0 aromatic heterocycles. The molecule has 3 aromatic carbocycles. The standard InChI is InChI=1S/C28H32N2O3/c1-20-9-7-10-22(17-20)18-30(21(2)28(32)29-24-13-4-5-14-24)27(31)19-33-26-16-8-12-23-11-3-6-15-25(23)26/h3,6-12,15-17,21,24H,4-5,13-14,18-19H2,1-2H3,(H,29,32). The van der Waals surface area contributed by atoms with E-state index < -0.39 is 6.04 Å². The zero-order valence-electron chi connectivity index (χ0n) is 19.4. The molecule has 33 heavy (non-hydrogen) atoms. The molecule has 172 valence electrons. The fourth-order valence-corrected chi connectivity index (χ4v) is 4.53. The van der Waals surface area contributed by atoms with Crippen molar-refractivity contribution >= 4 is 22.6 Å². The summed E-state index contributed by atoms with van der Waals surface area (Å²) in [5.74, 6) is 0.353. The van der Waals surface area contributed by atoms with Crippen LogP contribution in [0.5, 0.6) is 5.75 Å². The molecule has 0 spiro atoms. The lowest BCUT2D eigenvalue weighted by atomic mass is 10.1. The van der Waals surface area contributed by atoms with Crippen LogP contribution in [0, 0.1) is 6.92 Å². The van der Waals surface area contributed by atoms with Crippen molar-refractivity contribution in [3.8, 4) is 5.75 Å². The highest BCUT2D eigenvalue weighted by atomic mass is 16.5. The molecular formula is C28H32N2O3. The summed E-state index contributed by atoms with van der Waals surface area (Å²) in [4.78, 5) is 28.0. The van der Waals surface area contributed by atoms with E-state index in [0.717, 1.165) is 47.6 Å². The molecule has 5 heteroatoms. The van der Waals surface area contributed by atoms with Crippen molar-refractivity contribution < 1.29 is 14.3 Å². The van der Waals surface area contributed by atoms with E-state index in [0.29, 0.717) is 12.3 Å². The summed E-state index contributed by atoms with van der Waals surface area (Å²) in [5, 5.41) is 5.16. The molecule has 1 fully saturated rings. The van der Waals surface area contributed by atoms with Gasteiger partial charge in [0.25, 0.3) is 5.91 Å². The topological polar surface area (TPSA) is 58.6 Å². The van der Waals surface area contributed by atoms with Crippen LogP contribution in [-0.4, -0.2) is 35.4 Å². The Bertz CT molecular complexity index is 1120. The second-order valence-electron chi connectivity index (χ2n) is 8.94. The Labute approximate surface area is 195 Å². The van der Waals surface area contributed by atoms with Gasteiger partial charge in [0.15, 0.2) is 6.61 Å². The molecule has 4 rings (SSSR count). The first-order valence-electron chi connectivity index (χ1n) is 11.8. The molecule has 2 amide bonds. The summed E-state index contributed by atoms with van der Waals surface area (Å²) in [6.07, 6.45) is 4.30. The van der Waals surface area contributed by atoms with Gasteiger partial charge >= 0.3 is 0 Å². The van der Waals surface area contributed by atoms with Crippen LogP contribution >= 0.6 is 0 Å². The van der Waals surface area contributed by atoms with E-state index in [1.807, 2.05) is 73.7 Å². The van der Waals surface area contributed by atoms with Crippen molar-refractivity contribution in [2.75, 3.05) is 6.61 Å². The molecule has 0 bridgehead atoms. The average molecular weight is 445 g/mol. The first-order chi connectivity index (χ1) is 16.0. The molecule has 0 heterocycles. The average Bonchev–Trinajstić information content (AvgIpc) is 3.33. The summed E-state index contributed by atoms with van der Waals surface area (Å²) in [6.45, 7) is 4.06. The van der Waals surface area contributed by atoms with Gasteiger partial charge in [0.05, 0.1) is 0 Å². The molecule has 1 unspecified atom stereocenters. The minimum Gasteiger partial charge on any atom is -0.483 e. The largest absolute Gasteiger partial charge is 0.483 e. The van der Waals surface area contributed by atoms with E-state index in [2.05, 4.69) is 5.32 Å². The Balaban J connectivity index is 1.50. The smallest absolute Gasteiger partial charge is 0.261 e. The van der Waals surface area contributed by atoms with Gasteiger partial charge in [-0.1, -0.05) is 79.1 Å². The highest BCUT2D eigenvalue weighted by molar-refractivity contribution is 5.90. The minimum atomic E-state index is -0.588. The number of fused-ring (bicyclic) bond motifs is 1. The molecule has 1 N–H and O–H groups in total. The summed E-state index contributed by atoms with van der Waals surface area (Å²) in [6, 6.07) is 21.4. The van der Waals surface area contributed by atoms with Crippen LogP contribution in [-0.2, 0) is 16.1 Å². The van der Waals surface area contributed by atoms with Gasteiger partial charge in [0, 0.05) is 18.0 Å². The fraction of sp³-hybridized carbons (Fsp3) is 0.357. The third-order valence-corrected chi connectivity index (χ3v) is 6.41. The molecule has 1 aliphatic rings. The van der Waals surface area contributed by atoms with Crippen LogP contribution in [0.2, 0.25) is 0 Å². The first kappa shape index (κ1) is 22.8. The molecule has 0 aliphatic heterocycles. The molecule has 5 nitrogen and oxygen atoms in total. The number of benzene rings is 3. The van der Waals surface area contributed by atoms with Crippen molar-refractivity contribution in [3.63, 3.8) is 0 Å². The second-order valence-corrected chi connectivity index (χ2v) is 8.94. The second kappa shape index (κ2) is 10.5. The van der Waals surface area contributed by atoms with Crippen molar-refractivity contribution in [1.29, 1.82) is 0 Å². The first-order valence-corrected chi connectivity index (χ1v) is 11.8. The predicted octanol–water partition coefficient (Wildman–Crippen LogP) is 5.00. The lowest BCUT2D eigenvalue weighted by Gasteiger charge is -2.30. The van der Waals surface area contributed by atoms with Crippen LogP contribution in [0.15, 0.2) is 66.7 Å². The molecular weight excluding hydrogens is 412 g/mol. The molecule has 0 saturated heterocycles. The maximum Gasteiger partial charge on any atom is 0.261 e. The number of ether oxygens (including phenoxy) is 1. The fourth-order valence-electron chi connectivity index (χ4n) is 4.53. The van der Waals surface area contributed by atoms with Crippen molar-refractivity contribution in [2.45, 2.75) is 58.2 Å². The van der Waals surface area contributed by atoms with Crippen molar-refractivity contribution in [1.82, 2.24) is 10.2 Å². The van der Waals surface area contributed by atoms with Crippen LogP contribution in [0.25, 0.3) is 10.8 Å². The van der Waals surface area contributed by atoms with E-state index >= 15 is 0 Å². The van der Waals surface area contributed by atoms with Crippen LogP contribution in [0.4, 0.5) is 0 Å². The maximum atomic E-state index is 13.3. The summed E-state index contributed by atoms with van der Waals surface area (Å²) >= 11 is 0. The van der Waals surface area contributed by atoms with E-state index in [1.165, 1.54) is 0 Å². The van der Waals surface area contributed by atoms with E-state index in [4.69, 9.17) is 4.74 Å². The monoisotopic (exact) mass is 444 g/mol. The zero-order valence-corrected chi connectivity index (χ0v) is 19.4. The lowest BCUT2D eigenvalue weighted by Crippen LogP contribution is -2.50. The summed E-state index contributed by atoms with van der Waals surface area (Å²) < 4.78 is 5.96. The maximum absolute atomic E-state index is 13.3. The highest BCUT2D eigenvalue weighted by Gasteiger charge is 2.28. The molecule has 1 aliphatic carbocycles. The number of amides is 2. The normalized spacial score (nSPS) is 14.7. The zero-order chi connectivity index (χ0) is 23.2. The summed E-state index contributed by atoms with van der Waals surface area (Å²) in [7, 11) is 0. The summed E-state index contributed by atoms with van der Waals surface area (Å²) in [5.41, 5.74) is 2.11. The highest BCUT2D eigenvalue weighted by Crippen LogP contribution is 2.25. The quantitative estimate of drug-likeness (QED) is 0.532. The number of nitrogens with zero attached hydrogens (tertiary/aromatic N) is 1. The van der Waals surface area contributed by atoms with Gasteiger partial charge in [0.2, 0.25) is 5.91 Å². The Kier molecular flexibility index (Phi) is 7.28. The van der Waals surface area contributed by atoms with E-state index in [1.54, 1.807) is 11.8 Å². The molecule has 0 radical (unpaired) electrons. The van der Waals surface area contributed by atoms with Crippen LogP contribution in [0.1, 0.15) is 43.7 Å². The number of nitrogens with one attached hydrogen (secondary N) is 1. The lowest BCUT2D eigenvalue weighted by molar-refractivity contribution is -0.142. The third kappa shape index (κ3) is 5.72. The van der Waals surface area contributed by atoms with E-state index in [-0.39, 0.29) is 24.5 Å². The van der Waals surface area contributed by atoms with Gasteiger partial charge in [-0.15, -0.1) is 0 Å². The Morgan fingerprint density at radius 3 is 2.55 bits per heavy atom. The number of carbonyl (C=O) groups is 2. The van der Waals surface area contributed by atoms with Gasteiger partial charge < -0.3 is 15.0 Å². The Morgan fingerprint density at radius 1 is 1.03 bits per heavy atom. The van der Waals surface area contributed by atoms with Crippen LogP contribution in [0.3, 0.4) is 0 Å². The predicted molar refractivity (Wildman–Crippen MR) is 131 cm³/mol. The third-order valence-electron chi connectivity index (χ3n) is 6.41. The molecule has 1 atom stereocenters.